The van der Waals surface area contributed by atoms with Crippen molar-refractivity contribution < 1.29 is 28.6 Å². The normalized spacial score (nSPS) is 11.6. The number of H-pyrrole nitrogens is 1. The topological polar surface area (TPSA) is 94.7 Å². The molecule has 1 aromatic carbocycles. The van der Waals surface area contributed by atoms with Gasteiger partial charge in [-0.15, -0.1) is 0 Å². The second-order valence-corrected chi connectivity index (χ2v) is 6.75. The predicted molar refractivity (Wildman–Crippen MR) is 103 cm³/mol. The number of benzene rings is 1. The molecule has 0 saturated carbocycles. The smallest absolute Gasteiger partial charge is 0.344 e. The van der Waals surface area contributed by atoms with E-state index >= 15 is 0 Å². The van der Waals surface area contributed by atoms with E-state index in [9.17, 15) is 14.4 Å². The predicted octanol–water partition coefficient (Wildman–Crippen LogP) is 3.57. The Balaban J connectivity index is 2.02. The Hall–Kier alpha value is -2.80. The van der Waals surface area contributed by atoms with Gasteiger partial charge in [-0.2, -0.15) is 0 Å². The average Bonchev–Trinajstić information content (AvgIpc) is 2.93. The SMILES string of the molecule is COC(=O)c1c(C)[nH]c(C(=O)[C@@H](C)OC(=O)COc2ccc(Cl)cc2C)c1C. The van der Waals surface area contributed by atoms with Crippen LogP contribution in [-0.4, -0.2) is 42.5 Å². The summed E-state index contributed by atoms with van der Waals surface area (Å²) in [5, 5.41) is 0.564. The van der Waals surface area contributed by atoms with Crippen molar-refractivity contribution in [2.24, 2.45) is 0 Å². The van der Waals surface area contributed by atoms with Gasteiger partial charge < -0.3 is 19.2 Å². The maximum atomic E-state index is 12.6. The highest BCUT2D eigenvalue weighted by atomic mass is 35.5. The van der Waals surface area contributed by atoms with Crippen LogP contribution in [0.1, 0.15) is 44.6 Å². The fraction of sp³-hybridized carbons (Fsp3) is 0.350. The first-order chi connectivity index (χ1) is 13.1. The summed E-state index contributed by atoms with van der Waals surface area (Å²) in [6, 6.07) is 5.01. The fourth-order valence-corrected chi connectivity index (χ4v) is 3.03. The number of esters is 2. The lowest BCUT2D eigenvalue weighted by molar-refractivity contribution is -0.148. The number of hydrogen-bond donors (Lipinski definition) is 1. The lowest BCUT2D eigenvalue weighted by Crippen LogP contribution is -2.28. The van der Waals surface area contributed by atoms with E-state index in [1.165, 1.54) is 14.0 Å². The molecule has 0 aliphatic heterocycles. The molecule has 0 spiro atoms. The number of halogens is 1. The van der Waals surface area contributed by atoms with Crippen molar-refractivity contribution in [2.45, 2.75) is 33.8 Å². The van der Waals surface area contributed by atoms with Gasteiger partial charge in [0, 0.05) is 10.7 Å². The molecule has 7 nitrogen and oxygen atoms in total. The first-order valence-electron chi connectivity index (χ1n) is 8.55. The standard InChI is InChI=1S/C20H22ClNO6/c1-10-8-14(21)6-7-15(10)27-9-16(23)28-13(4)19(24)18-11(2)17(12(3)22-18)20(25)26-5/h6-8,13,22H,9H2,1-5H3/t13-/m1/s1. The van der Waals surface area contributed by atoms with Crippen molar-refractivity contribution in [1.82, 2.24) is 4.98 Å². The van der Waals surface area contributed by atoms with Crippen LogP contribution in [-0.2, 0) is 14.3 Å². The summed E-state index contributed by atoms with van der Waals surface area (Å²) in [6.07, 6.45) is -1.05. The summed E-state index contributed by atoms with van der Waals surface area (Å²) < 4.78 is 15.3. The summed E-state index contributed by atoms with van der Waals surface area (Å²) in [7, 11) is 1.27. The maximum Gasteiger partial charge on any atom is 0.344 e. The van der Waals surface area contributed by atoms with Crippen LogP contribution in [0, 0.1) is 20.8 Å². The molecule has 0 radical (unpaired) electrons. The highest BCUT2D eigenvalue weighted by molar-refractivity contribution is 6.30. The monoisotopic (exact) mass is 407 g/mol. The van der Waals surface area contributed by atoms with Gasteiger partial charge in [0.05, 0.1) is 18.4 Å². The third-order valence-corrected chi connectivity index (χ3v) is 4.47. The van der Waals surface area contributed by atoms with Crippen LogP contribution in [0.5, 0.6) is 5.75 Å². The van der Waals surface area contributed by atoms with Crippen molar-refractivity contribution in [2.75, 3.05) is 13.7 Å². The van der Waals surface area contributed by atoms with Gasteiger partial charge in [-0.05, 0) is 57.0 Å². The van der Waals surface area contributed by atoms with E-state index in [4.69, 9.17) is 25.8 Å². The zero-order valence-electron chi connectivity index (χ0n) is 16.3. The van der Waals surface area contributed by atoms with Gasteiger partial charge >= 0.3 is 11.9 Å². The van der Waals surface area contributed by atoms with Crippen molar-refractivity contribution >= 4 is 29.3 Å². The number of rotatable bonds is 7. The Morgan fingerprint density at radius 3 is 2.46 bits per heavy atom. The Labute approximate surface area is 167 Å². The maximum absolute atomic E-state index is 12.6. The van der Waals surface area contributed by atoms with Gasteiger partial charge in [-0.3, -0.25) is 4.79 Å². The molecule has 1 heterocycles. The van der Waals surface area contributed by atoms with Crippen LogP contribution in [0.3, 0.4) is 0 Å². The second-order valence-electron chi connectivity index (χ2n) is 6.31. The minimum absolute atomic E-state index is 0.202. The van der Waals surface area contributed by atoms with Gasteiger partial charge in [0.1, 0.15) is 5.75 Å². The van der Waals surface area contributed by atoms with E-state index in [1.54, 1.807) is 39.0 Å². The number of hydrogen-bond acceptors (Lipinski definition) is 6. The van der Waals surface area contributed by atoms with E-state index in [0.29, 0.717) is 27.6 Å². The van der Waals surface area contributed by atoms with Gasteiger partial charge in [0.15, 0.2) is 12.7 Å². The fourth-order valence-electron chi connectivity index (χ4n) is 2.80. The number of carbonyl (C=O) groups is 3. The lowest BCUT2D eigenvalue weighted by atomic mass is 10.1. The Morgan fingerprint density at radius 1 is 1.18 bits per heavy atom. The van der Waals surface area contributed by atoms with E-state index in [0.717, 1.165) is 5.56 Å². The van der Waals surface area contributed by atoms with Crippen LogP contribution in [0.4, 0.5) is 0 Å². The molecule has 150 valence electrons. The molecule has 0 aliphatic carbocycles. The molecule has 1 N–H and O–H groups in total. The molecular weight excluding hydrogens is 386 g/mol. The average molecular weight is 408 g/mol. The molecule has 8 heteroatoms. The molecule has 1 aromatic heterocycles. The van der Waals surface area contributed by atoms with Gasteiger partial charge in [0.2, 0.25) is 5.78 Å². The Bertz CT molecular complexity index is 918. The summed E-state index contributed by atoms with van der Waals surface area (Å²) >= 11 is 5.88. The van der Waals surface area contributed by atoms with Crippen molar-refractivity contribution in [1.29, 1.82) is 0 Å². The first kappa shape index (κ1) is 21.5. The van der Waals surface area contributed by atoms with Crippen LogP contribution in [0.25, 0.3) is 0 Å². The minimum atomic E-state index is -1.05. The number of carbonyl (C=O) groups excluding carboxylic acids is 3. The highest BCUT2D eigenvalue weighted by Crippen LogP contribution is 2.22. The Morgan fingerprint density at radius 2 is 1.86 bits per heavy atom. The number of Topliss-reactive ketones (excluding diaryl/α,β-unsaturated/α-hetero) is 1. The molecule has 0 fully saturated rings. The third-order valence-electron chi connectivity index (χ3n) is 4.23. The van der Waals surface area contributed by atoms with E-state index in [1.807, 2.05) is 0 Å². The molecule has 2 aromatic rings. The molecular formula is C20H22ClNO6. The molecule has 0 unspecified atom stereocenters. The largest absolute Gasteiger partial charge is 0.482 e. The third kappa shape index (κ3) is 4.72. The van der Waals surface area contributed by atoms with Crippen molar-refractivity contribution in [3.8, 4) is 5.75 Å². The molecule has 28 heavy (non-hydrogen) atoms. The summed E-state index contributed by atoms with van der Waals surface area (Å²) in [5.41, 5.74) is 2.23. The van der Waals surface area contributed by atoms with E-state index < -0.39 is 23.8 Å². The van der Waals surface area contributed by atoms with Crippen LogP contribution in [0.2, 0.25) is 5.02 Å². The summed E-state index contributed by atoms with van der Waals surface area (Å²) in [5.74, 6) is -1.18. The summed E-state index contributed by atoms with van der Waals surface area (Å²) in [6.45, 7) is 6.20. The van der Waals surface area contributed by atoms with Crippen molar-refractivity contribution in [3.63, 3.8) is 0 Å². The quantitative estimate of drug-likeness (QED) is 0.557. The van der Waals surface area contributed by atoms with Crippen LogP contribution in [0.15, 0.2) is 18.2 Å². The highest BCUT2D eigenvalue weighted by Gasteiger charge is 2.27. The van der Waals surface area contributed by atoms with E-state index in [2.05, 4.69) is 4.98 Å². The molecule has 0 aliphatic rings. The molecule has 1 atom stereocenters. The number of methoxy groups -OCH3 is 1. The number of nitrogens with one attached hydrogen (secondary N) is 1. The molecule has 0 saturated heterocycles. The van der Waals surface area contributed by atoms with Crippen LogP contribution < -0.4 is 4.74 Å². The first-order valence-corrected chi connectivity index (χ1v) is 8.93. The molecule has 2 rings (SSSR count). The number of aromatic nitrogens is 1. The number of aromatic amines is 1. The van der Waals surface area contributed by atoms with Gasteiger partial charge in [-0.25, -0.2) is 9.59 Å². The van der Waals surface area contributed by atoms with Crippen molar-refractivity contribution in [3.05, 3.63) is 51.3 Å². The van der Waals surface area contributed by atoms with E-state index in [-0.39, 0.29) is 12.3 Å². The van der Waals surface area contributed by atoms with Gasteiger partial charge in [-0.1, -0.05) is 11.6 Å². The minimum Gasteiger partial charge on any atom is -0.482 e. The number of aryl methyl sites for hydroxylation is 2. The number of ether oxygens (including phenoxy) is 3. The lowest BCUT2D eigenvalue weighted by Gasteiger charge is -2.13. The Kier molecular flexibility index (Phi) is 6.85. The van der Waals surface area contributed by atoms with Gasteiger partial charge in [0.25, 0.3) is 0 Å². The zero-order valence-corrected chi connectivity index (χ0v) is 17.1. The van der Waals surface area contributed by atoms with Crippen LogP contribution >= 0.6 is 11.6 Å². The molecule has 0 amide bonds. The molecule has 0 bridgehead atoms. The summed E-state index contributed by atoms with van der Waals surface area (Å²) in [4.78, 5) is 39.4. The second kappa shape index (κ2) is 8.93. The number of ketones is 1. The zero-order chi connectivity index (χ0) is 21.0.